The average Bonchev–Trinajstić information content (AvgIpc) is 2.25. The first-order chi connectivity index (χ1) is 7.81. The maximum Gasteiger partial charge on any atom is 0.433 e. The second-order valence-electron chi connectivity index (χ2n) is 3.04. The molecule has 0 unspecified atom stereocenters. The van der Waals surface area contributed by atoms with Crippen molar-refractivity contribution in [1.29, 1.82) is 0 Å². The molecule has 0 atom stereocenters. The first-order valence-corrected chi connectivity index (χ1v) is 4.35. The van der Waals surface area contributed by atoms with E-state index in [0.29, 0.717) is 0 Å². The number of nitrogens with zero attached hydrogens (tertiary/aromatic N) is 1. The normalized spacial score (nSPS) is 12.0. The van der Waals surface area contributed by atoms with Gasteiger partial charge in [-0.2, -0.15) is 13.2 Å². The van der Waals surface area contributed by atoms with Gasteiger partial charge in [0.1, 0.15) is 0 Å². The van der Waals surface area contributed by atoms with Crippen LogP contribution in [0, 0.1) is 0 Å². The lowest BCUT2D eigenvalue weighted by Crippen LogP contribution is -2.15. The summed E-state index contributed by atoms with van der Waals surface area (Å²) >= 11 is 0. The van der Waals surface area contributed by atoms with Crippen LogP contribution in [0.1, 0.15) is 23.2 Å². The van der Waals surface area contributed by atoms with Crippen molar-refractivity contribution in [1.82, 2.24) is 4.98 Å². The van der Waals surface area contributed by atoms with Crippen molar-refractivity contribution in [2.75, 3.05) is 7.11 Å². The minimum Gasteiger partial charge on any atom is -0.481 e. The minimum atomic E-state index is -5.04. The molecule has 0 fully saturated rings. The fourth-order valence-electron chi connectivity index (χ4n) is 1.28. The van der Waals surface area contributed by atoms with Crippen molar-refractivity contribution in [2.45, 2.75) is 19.2 Å². The molecule has 1 N–H and O–H groups in total. The van der Waals surface area contributed by atoms with E-state index in [9.17, 15) is 22.0 Å². The Morgan fingerprint density at radius 2 is 2.00 bits per heavy atom. The molecule has 0 spiro atoms. The number of methoxy groups -OCH3 is 1. The highest BCUT2D eigenvalue weighted by molar-refractivity contribution is 5.37. The second-order valence-corrected chi connectivity index (χ2v) is 3.04. The molecule has 0 aliphatic heterocycles. The predicted octanol–water partition coefficient (Wildman–Crippen LogP) is 2.54. The molecule has 0 aliphatic carbocycles. The van der Waals surface area contributed by atoms with Gasteiger partial charge in [-0.15, -0.1) is 0 Å². The van der Waals surface area contributed by atoms with E-state index in [-0.39, 0.29) is 0 Å². The number of aromatic nitrogens is 1. The Morgan fingerprint density at radius 1 is 1.41 bits per heavy atom. The summed E-state index contributed by atoms with van der Waals surface area (Å²) in [6.07, 6.45) is -8.42. The second kappa shape index (κ2) is 4.82. The average molecular weight is 257 g/mol. The van der Waals surface area contributed by atoms with E-state index in [4.69, 9.17) is 5.11 Å². The van der Waals surface area contributed by atoms with Gasteiger partial charge in [-0.3, -0.25) is 0 Å². The standard InChI is InChI=1S/C9H8F5NO2/c1-17-5-2-4(3-16)6(8(10)11)7(15-5)9(12,13)14/h2,8,16H,3H2,1H3. The lowest BCUT2D eigenvalue weighted by atomic mass is 10.1. The zero-order chi connectivity index (χ0) is 13.2. The third-order valence-corrected chi connectivity index (χ3v) is 1.99. The summed E-state index contributed by atoms with van der Waals surface area (Å²) in [5, 5.41) is 8.79. The molecule has 0 saturated heterocycles. The fourth-order valence-corrected chi connectivity index (χ4v) is 1.28. The predicted molar refractivity (Wildman–Crippen MR) is 46.7 cm³/mol. The molecule has 1 aromatic rings. The third kappa shape index (κ3) is 2.82. The highest BCUT2D eigenvalue weighted by Crippen LogP contribution is 2.38. The molecule has 96 valence electrons. The number of hydrogen-bond donors (Lipinski definition) is 1. The van der Waals surface area contributed by atoms with E-state index in [1.54, 1.807) is 0 Å². The number of pyridine rings is 1. The van der Waals surface area contributed by atoms with Crippen LogP contribution in [-0.4, -0.2) is 17.2 Å². The Bertz CT molecular complexity index is 405. The van der Waals surface area contributed by atoms with Crippen molar-refractivity contribution in [3.63, 3.8) is 0 Å². The van der Waals surface area contributed by atoms with Crippen LogP contribution in [-0.2, 0) is 12.8 Å². The topological polar surface area (TPSA) is 42.4 Å². The molecule has 3 nitrogen and oxygen atoms in total. The van der Waals surface area contributed by atoms with Crippen LogP contribution in [0.2, 0.25) is 0 Å². The Kier molecular flexibility index (Phi) is 3.87. The van der Waals surface area contributed by atoms with Crippen LogP contribution in [0.3, 0.4) is 0 Å². The monoisotopic (exact) mass is 257 g/mol. The Balaban J connectivity index is 3.52. The summed E-state index contributed by atoms with van der Waals surface area (Å²) in [5.41, 5.74) is -3.61. The van der Waals surface area contributed by atoms with Crippen LogP contribution in [0.5, 0.6) is 5.88 Å². The first kappa shape index (κ1) is 13.6. The summed E-state index contributed by atoms with van der Waals surface area (Å²) in [7, 11) is 1.05. The van der Waals surface area contributed by atoms with Crippen LogP contribution in [0.15, 0.2) is 6.07 Å². The highest BCUT2D eigenvalue weighted by atomic mass is 19.4. The van der Waals surface area contributed by atoms with Gasteiger partial charge in [-0.25, -0.2) is 13.8 Å². The van der Waals surface area contributed by atoms with Crippen molar-refractivity contribution >= 4 is 0 Å². The van der Waals surface area contributed by atoms with Crippen LogP contribution in [0.4, 0.5) is 22.0 Å². The molecule has 0 aromatic carbocycles. The molecule has 8 heteroatoms. The Labute approximate surface area is 92.8 Å². The molecule has 1 rings (SSSR count). The molecule has 1 heterocycles. The zero-order valence-corrected chi connectivity index (χ0v) is 8.55. The summed E-state index contributed by atoms with van der Waals surface area (Å²) in [4.78, 5) is 2.95. The maximum absolute atomic E-state index is 12.5. The summed E-state index contributed by atoms with van der Waals surface area (Å²) in [6.45, 7) is -0.957. The largest absolute Gasteiger partial charge is 0.481 e. The molecule has 0 saturated carbocycles. The lowest BCUT2D eigenvalue weighted by Gasteiger charge is -2.15. The number of halogens is 5. The summed E-state index contributed by atoms with van der Waals surface area (Å²) in [5.74, 6) is -0.481. The van der Waals surface area contributed by atoms with E-state index in [0.717, 1.165) is 13.2 Å². The lowest BCUT2D eigenvalue weighted by molar-refractivity contribution is -0.143. The van der Waals surface area contributed by atoms with E-state index in [2.05, 4.69) is 9.72 Å². The number of hydrogen-bond acceptors (Lipinski definition) is 3. The van der Waals surface area contributed by atoms with Crippen LogP contribution in [0.25, 0.3) is 0 Å². The van der Waals surface area contributed by atoms with Gasteiger partial charge in [0.2, 0.25) is 5.88 Å². The zero-order valence-electron chi connectivity index (χ0n) is 8.55. The molecule has 0 bridgehead atoms. The van der Waals surface area contributed by atoms with Gasteiger partial charge in [-0.1, -0.05) is 0 Å². The number of ether oxygens (including phenoxy) is 1. The van der Waals surface area contributed by atoms with Gasteiger partial charge in [0.05, 0.1) is 19.3 Å². The van der Waals surface area contributed by atoms with Gasteiger partial charge in [0.15, 0.2) is 5.69 Å². The van der Waals surface area contributed by atoms with Gasteiger partial charge >= 0.3 is 6.18 Å². The Hall–Kier alpha value is -1.44. The summed E-state index contributed by atoms with van der Waals surface area (Å²) in [6, 6.07) is 0.844. The van der Waals surface area contributed by atoms with E-state index < -0.39 is 41.9 Å². The van der Waals surface area contributed by atoms with Crippen molar-refractivity contribution < 1.29 is 31.8 Å². The van der Waals surface area contributed by atoms with Crippen LogP contribution >= 0.6 is 0 Å². The molecule has 1 aromatic heterocycles. The number of aliphatic hydroxyl groups is 1. The quantitative estimate of drug-likeness (QED) is 0.846. The smallest absolute Gasteiger partial charge is 0.433 e. The fraction of sp³-hybridized carbons (Fsp3) is 0.444. The van der Waals surface area contributed by atoms with Gasteiger partial charge < -0.3 is 9.84 Å². The maximum atomic E-state index is 12.5. The number of rotatable bonds is 3. The summed E-state index contributed by atoms with van der Waals surface area (Å²) < 4.78 is 67.1. The molecule has 17 heavy (non-hydrogen) atoms. The molecular weight excluding hydrogens is 249 g/mol. The van der Waals surface area contributed by atoms with Crippen LogP contribution < -0.4 is 4.74 Å². The number of aliphatic hydroxyl groups excluding tert-OH is 1. The third-order valence-electron chi connectivity index (χ3n) is 1.99. The van der Waals surface area contributed by atoms with E-state index in [1.165, 1.54) is 0 Å². The van der Waals surface area contributed by atoms with E-state index in [1.807, 2.05) is 0 Å². The van der Waals surface area contributed by atoms with Gasteiger partial charge in [0, 0.05) is 6.07 Å². The SMILES string of the molecule is COc1cc(CO)c(C(F)F)c(C(F)(F)F)n1. The number of alkyl halides is 5. The highest BCUT2D eigenvalue weighted by Gasteiger charge is 2.39. The van der Waals surface area contributed by atoms with Gasteiger partial charge in [0.25, 0.3) is 6.43 Å². The van der Waals surface area contributed by atoms with E-state index >= 15 is 0 Å². The first-order valence-electron chi connectivity index (χ1n) is 4.35. The molecule has 0 radical (unpaired) electrons. The molecule has 0 aliphatic rings. The van der Waals surface area contributed by atoms with Crippen molar-refractivity contribution in [3.8, 4) is 5.88 Å². The van der Waals surface area contributed by atoms with Crippen molar-refractivity contribution in [2.24, 2.45) is 0 Å². The van der Waals surface area contributed by atoms with Crippen molar-refractivity contribution in [3.05, 3.63) is 22.9 Å². The molecule has 0 amide bonds. The Morgan fingerprint density at radius 3 is 2.35 bits per heavy atom. The minimum absolute atomic E-state index is 0.481. The van der Waals surface area contributed by atoms with Gasteiger partial charge in [-0.05, 0) is 5.56 Å². The molecular formula is C9H8F5NO2.